The number of fused-ring (bicyclic) bond motifs is 1. The molecule has 0 aromatic heterocycles. The van der Waals surface area contributed by atoms with Gasteiger partial charge in [-0.1, -0.05) is 24.3 Å². The normalized spacial score (nSPS) is 34.3. The van der Waals surface area contributed by atoms with E-state index >= 15 is 0 Å². The first-order valence-corrected chi connectivity index (χ1v) is 8.36. The van der Waals surface area contributed by atoms with Gasteiger partial charge in [0, 0.05) is 18.9 Å². The largest absolute Gasteiger partial charge is 0.497 e. The topological polar surface area (TPSA) is 108 Å². The van der Waals surface area contributed by atoms with Crippen LogP contribution in [-0.2, 0) is 4.79 Å². The van der Waals surface area contributed by atoms with Crippen molar-refractivity contribution in [3.63, 3.8) is 0 Å². The number of ketones is 1. The van der Waals surface area contributed by atoms with Crippen LogP contribution in [0.25, 0.3) is 0 Å². The van der Waals surface area contributed by atoms with Gasteiger partial charge in [0.15, 0.2) is 17.5 Å². The Morgan fingerprint density at radius 1 is 1.23 bits per heavy atom. The van der Waals surface area contributed by atoms with Gasteiger partial charge in [-0.15, -0.1) is 0 Å². The van der Waals surface area contributed by atoms with E-state index < -0.39 is 22.8 Å². The van der Waals surface area contributed by atoms with E-state index in [0.29, 0.717) is 5.75 Å². The Bertz CT molecular complexity index is 844. The molecule has 0 saturated heterocycles. The van der Waals surface area contributed by atoms with Gasteiger partial charge < -0.3 is 25.6 Å². The van der Waals surface area contributed by atoms with Gasteiger partial charge in [0.25, 0.3) is 0 Å². The second kappa shape index (κ2) is 5.18. The van der Waals surface area contributed by atoms with E-state index in [4.69, 9.17) is 10.5 Å². The summed E-state index contributed by atoms with van der Waals surface area (Å²) < 4.78 is 5.21. The number of allylic oxidation sites excluding steroid dienone is 4. The summed E-state index contributed by atoms with van der Waals surface area (Å²) in [6, 6.07) is 7.24. The van der Waals surface area contributed by atoms with E-state index in [0.717, 1.165) is 5.56 Å². The lowest BCUT2D eigenvalue weighted by Gasteiger charge is -2.37. The molecule has 1 aromatic carbocycles. The van der Waals surface area contributed by atoms with Gasteiger partial charge in [-0.2, -0.15) is 0 Å². The molecule has 1 spiro atoms. The molecule has 26 heavy (non-hydrogen) atoms. The first kappa shape index (κ1) is 16.8. The highest BCUT2D eigenvalue weighted by Crippen LogP contribution is 2.64. The molecule has 1 aliphatic heterocycles. The zero-order valence-corrected chi connectivity index (χ0v) is 14.6. The van der Waals surface area contributed by atoms with Gasteiger partial charge in [0.1, 0.15) is 5.75 Å². The number of rotatable bonds is 2. The van der Waals surface area contributed by atoms with Gasteiger partial charge in [-0.25, -0.2) is 4.99 Å². The number of nitrogens with zero attached hydrogens (tertiary/aromatic N) is 2. The Balaban J connectivity index is 1.92. The summed E-state index contributed by atoms with van der Waals surface area (Å²) in [6.45, 7) is 0. The van der Waals surface area contributed by atoms with Crippen molar-refractivity contribution in [2.75, 3.05) is 14.2 Å². The Morgan fingerprint density at radius 3 is 2.42 bits per heavy atom. The van der Waals surface area contributed by atoms with Crippen LogP contribution in [0.3, 0.4) is 0 Å². The molecule has 0 amide bonds. The van der Waals surface area contributed by atoms with Crippen LogP contribution in [0.5, 0.6) is 5.75 Å². The van der Waals surface area contributed by atoms with Crippen molar-refractivity contribution in [1.82, 2.24) is 4.90 Å². The van der Waals surface area contributed by atoms with Crippen molar-refractivity contribution in [2.24, 2.45) is 16.1 Å². The fourth-order valence-corrected chi connectivity index (χ4v) is 4.46. The molecule has 7 nitrogen and oxygen atoms in total. The quantitative estimate of drug-likeness (QED) is 0.713. The molecule has 0 radical (unpaired) electrons. The van der Waals surface area contributed by atoms with E-state index in [1.54, 1.807) is 38.4 Å². The second-order valence-electron chi connectivity index (χ2n) is 7.14. The highest BCUT2D eigenvalue weighted by atomic mass is 16.5. The van der Waals surface area contributed by atoms with Gasteiger partial charge in [-0.05, 0) is 29.8 Å². The zero-order valence-electron chi connectivity index (χ0n) is 14.6. The van der Waals surface area contributed by atoms with Crippen LogP contribution >= 0.6 is 0 Å². The molecule has 0 unspecified atom stereocenters. The molecular formula is C19H21N3O4. The van der Waals surface area contributed by atoms with Crippen LogP contribution in [0.2, 0.25) is 0 Å². The molecule has 4 rings (SSSR count). The molecule has 2 aliphatic carbocycles. The number of aliphatic imine (C=N–C) groups is 1. The summed E-state index contributed by atoms with van der Waals surface area (Å²) in [5, 5.41) is 22.9. The maximum Gasteiger partial charge on any atom is 0.216 e. The van der Waals surface area contributed by atoms with Gasteiger partial charge >= 0.3 is 0 Å². The van der Waals surface area contributed by atoms with Gasteiger partial charge in [-0.3, -0.25) is 4.79 Å². The molecule has 7 heteroatoms. The Kier molecular flexibility index (Phi) is 3.35. The molecule has 0 bridgehead atoms. The molecule has 3 atom stereocenters. The lowest BCUT2D eigenvalue weighted by molar-refractivity contribution is -0.173. The third-order valence-corrected chi connectivity index (χ3v) is 5.83. The number of aliphatic hydroxyl groups is 2. The first-order chi connectivity index (χ1) is 12.3. The standard InChI is InChI=1S/C19H21N3O4/c1-22-16(20)21-19(25)15(12-3-5-14(26-2)6-4-12)17(11-18(19,22)24)9-7-13(23)8-10-17/h3-10,15,24-25H,11H2,1-2H3,(H2,20,21)/t15-,18+,19-/m1/s1. The lowest BCUT2D eigenvalue weighted by Crippen LogP contribution is -2.57. The average molecular weight is 355 g/mol. The number of hydrogen-bond acceptors (Lipinski definition) is 7. The maximum absolute atomic E-state index is 11.7. The smallest absolute Gasteiger partial charge is 0.216 e. The third kappa shape index (κ3) is 1.95. The predicted octanol–water partition coefficient (Wildman–Crippen LogP) is 0.501. The zero-order chi connectivity index (χ0) is 18.7. The minimum Gasteiger partial charge on any atom is -0.497 e. The van der Waals surface area contributed by atoms with Crippen molar-refractivity contribution < 1.29 is 19.7 Å². The average Bonchev–Trinajstić information content (AvgIpc) is 2.91. The predicted molar refractivity (Wildman–Crippen MR) is 95.4 cm³/mol. The van der Waals surface area contributed by atoms with Crippen LogP contribution in [-0.4, -0.2) is 52.5 Å². The second-order valence-corrected chi connectivity index (χ2v) is 7.14. The van der Waals surface area contributed by atoms with E-state index in [-0.39, 0.29) is 18.2 Å². The number of guanidine groups is 1. The summed E-state index contributed by atoms with van der Waals surface area (Å²) in [5.41, 5.74) is 2.37. The fourth-order valence-electron chi connectivity index (χ4n) is 4.46. The van der Waals surface area contributed by atoms with Crippen LogP contribution in [0, 0.1) is 5.41 Å². The van der Waals surface area contributed by atoms with Crippen LogP contribution in [0.1, 0.15) is 17.9 Å². The minimum atomic E-state index is -1.85. The molecule has 4 N–H and O–H groups in total. The van der Waals surface area contributed by atoms with Crippen LogP contribution in [0.15, 0.2) is 53.6 Å². The summed E-state index contributed by atoms with van der Waals surface area (Å²) in [4.78, 5) is 17.3. The molecular weight excluding hydrogens is 334 g/mol. The summed E-state index contributed by atoms with van der Waals surface area (Å²) in [5.74, 6) is -0.00534. The monoisotopic (exact) mass is 355 g/mol. The fraction of sp³-hybridized carbons (Fsp3) is 0.368. The highest BCUT2D eigenvalue weighted by molar-refractivity contribution is 6.00. The molecule has 1 saturated carbocycles. The first-order valence-electron chi connectivity index (χ1n) is 8.36. The highest BCUT2D eigenvalue weighted by Gasteiger charge is 2.73. The van der Waals surface area contributed by atoms with E-state index in [2.05, 4.69) is 4.99 Å². The summed E-state index contributed by atoms with van der Waals surface area (Å²) in [7, 11) is 3.18. The number of carbonyl (C=O) groups excluding carboxylic acids is 1. The van der Waals surface area contributed by atoms with Crippen molar-refractivity contribution in [1.29, 1.82) is 0 Å². The number of ether oxygens (including phenoxy) is 1. The SMILES string of the molecule is COc1ccc([C@@H]2C3(C=CC(=O)C=C3)C[C@@]3(O)N(C)C(N)=N[C@@]23O)cc1. The van der Waals surface area contributed by atoms with Gasteiger partial charge in [0.2, 0.25) is 5.72 Å². The van der Waals surface area contributed by atoms with Crippen molar-refractivity contribution in [2.45, 2.75) is 23.8 Å². The van der Waals surface area contributed by atoms with Crippen LogP contribution < -0.4 is 10.5 Å². The van der Waals surface area contributed by atoms with E-state index in [9.17, 15) is 15.0 Å². The van der Waals surface area contributed by atoms with E-state index in [1.807, 2.05) is 12.1 Å². The summed E-state index contributed by atoms with van der Waals surface area (Å²) in [6.07, 6.45) is 6.58. The van der Waals surface area contributed by atoms with Gasteiger partial charge in [0.05, 0.1) is 13.0 Å². The Morgan fingerprint density at radius 2 is 1.85 bits per heavy atom. The lowest BCUT2D eigenvalue weighted by atomic mass is 9.70. The molecule has 1 heterocycles. The number of nitrogens with two attached hydrogens (primary N) is 1. The van der Waals surface area contributed by atoms with Crippen molar-refractivity contribution in [3.05, 3.63) is 54.1 Å². The number of hydrogen-bond donors (Lipinski definition) is 3. The van der Waals surface area contributed by atoms with Crippen molar-refractivity contribution in [3.8, 4) is 5.75 Å². The number of methoxy groups -OCH3 is 1. The molecule has 1 fully saturated rings. The molecule has 136 valence electrons. The maximum atomic E-state index is 11.7. The third-order valence-electron chi connectivity index (χ3n) is 5.83. The molecule has 1 aromatic rings. The number of likely N-dealkylation sites (N-methyl/N-ethyl adjacent to an activating group) is 1. The Hall–Kier alpha value is -2.64. The number of carbonyl (C=O) groups is 1. The summed E-state index contributed by atoms with van der Waals surface area (Å²) >= 11 is 0. The number of benzene rings is 1. The Labute approximate surface area is 151 Å². The minimum absolute atomic E-state index is 0.0724. The van der Waals surface area contributed by atoms with Crippen molar-refractivity contribution >= 4 is 11.7 Å². The van der Waals surface area contributed by atoms with Crippen LogP contribution in [0.4, 0.5) is 0 Å². The van der Waals surface area contributed by atoms with E-state index in [1.165, 1.54) is 17.1 Å². The molecule has 3 aliphatic rings.